The molecule has 1 fully saturated rings. The van der Waals surface area contributed by atoms with Gasteiger partial charge in [-0.1, -0.05) is 13.3 Å². The van der Waals surface area contributed by atoms with E-state index in [-0.39, 0.29) is 0 Å². The molecule has 1 aliphatic rings. The van der Waals surface area contributed by atoms with Crippen molar-refractivity contribution in [3.63, 3.8) is 0 Å². The van der Waals surface area contributed by atoms with Gasteiger partial charge < -0.3 is 5.73 Å². The van der Waals surface area contributed by atoms with Gasteiger partial charge in [-0.25, -0.2) is 0 Å². The molecule has 0 aliphatic carbocycles. The first-order valence-corrected chi connectivity index (χ1v) is 9.44. The maximum absolute atomic E-state index is 6.05. The fourth-order valence-corrected chi connectivity index (χ4v) is 5.12. The van der Waals surface area contributed by atoms with Crippen LogP contribution in [0.25, 0.3) is 0 Å². The fourth-order valence-electron chi connectivity index (χ4n) is 2.88. The number of nitrogens with two attached hydrogens (primary N) is 1. The zero-order valence-corrected chi connectivity index (χ0v) is 15.4. The van der Waals surface area contributed by atoms with Crippen LogP contribution >= 0.6 is 43.2 Å². The first kappa shape index (κ1) is 16.0. The second-order valence-corrected chi connectivity index (χ2v) is 8.52. The molecule has 0 spiro atoms. The number of hydrogen-bond donors (Lipinski definition) is 1. The average molecular weight is 410 g/mol. The van der Waals surface area contributed by atoms with Crippen LogP contribution in [0.5, 0.6) is 0 Å². The Kier molecular flexibility index (Phi) is 6.34. The predicted octanol–water partition coefficient (Wildman–Crippen LogP) is 4.79. The highest BCUT2D eigenvalue weighted by Gasteiger charge is 2.24. The Morgan fingerprint density at radius 1 is 1.42 bits per heavy atom. The van der Waals surface area contributed by atoms with E-state index in [1.807, 2.05) is 0 Å². The molecule has 2 atom stereocenters. The highest BCUT2D eigenvalue weighted by atomic mass is 79.9. The molecule has 2 rings (SSSR count). The normalized spacial score (nSPS) is 23.3. The number of likely N-dealkylation sites (tertiary alicyclic amines) is 1. The van der Waals surface area contributed by atoms with Crippen LogP contribution in [0.1, 0.15) is 43.5 Å². The molecule has 5 heteroatoms. The Bertz CT molecular complexity index is 389. The van der Waals surface area contributed by atoms with Crippen molar-refractivity contribution in [1.29, 1.82) is 0 Å². The summed E-state index contributed by atoms with van der Waals surface area (Å²) in [6.07, 6.45) is 5.32. The monoisotopic (exact) mass is 408 g/mol. The van der Waals surface area contributed by atoms with Gasteiger partial charge in [0.25, 0.3) is 0 Å². The second kappa shape index (κ2) is 7.55. The molecule has 2 nitrogen and oxygen atoms in total. The maximum atomic E-state index is 6.05. The van der Waals surface area contributed by atoms with E-state index in [9.17, 15) is 0 Å². The number of rotatable bonds is 4. The lowest BCUT2D eigenvalue weighted by molar-refractivity contribution is 0.209. The van der Waals surface area contributed by atoms with Gasteiger partial charge in [0.05, 0.1) is 9.83 Å². The lowest BCUT2D eigenvalue weighted by Gasteiger charge is -2.29. The molecule has 2 N–H and O–H groups in total. The van der Waals surface area contributed by atoms with E-state index in [4.69, 9.17) is 5.73 Å². The summed E-state index contributed by atoms with van der Waals surface area (Å²) in [6.45, 7) is 5.39. The quantitative estimate of drug-likeness (QED) is 0.774. The number of hydrogen-bond acceptors (Lipinski definition) is 3. The van der Waals surface area contributed by atoms with E-state index in [0.717, 1.165) is 10.4 Å². The largest absolute Gasteiger partial charge is 0.329 e. The summed E-state index contributed by atoms with van der Waals surface area (Å²) in [7, 11) is 0. The van der Waals surface area contributed by atoms with Crippen LogP contribution in [-0.2, 0) is 0 Å². The van der Waals surface area contributed by atoms with E-state index in [2.05, 4.69) is 49.7 Å². The molecule has 0 amide bonds. The van der Waals surface area contributed by atoms with Crippen LogP contribution in [-0.4, -0.2) is 24.5 Å². The van der Waals surface area contributed by atoms with E-state index >= 15 is 0 Å². The molecule has 2 heterocycles. The second-order valence-electron chi connectivity index (χ2n) is 5.26. The Morgan fingerprint density at radius 3 is 2.79 bits per heavy atom. The van der Waals surface area contributed by atoms with Crippen molar-refractivity contribution in [2.45, 2.75) is 38.6 Å². The van der Waals surface area contributed by atoms with Gasteiger partial charge in [-0.2, -0.15) is 0 Å². The summed E-state index contributed by atoms with van der Waals surface area (Å²) in [4.78, 5) is 3.96. The molecule has 1 saturated heterocycles. The van der Waals surface area contributed by atoms with Gasteiger partial charge in [-0.05, 0) is 76.2 Å². The minimum Gasteiger partial charge on any atom is -0.329 e. The molecule has 1 aliphatic heterocycles. The maximum Gasteiger partial charge on any atom is 0.0843 e. The molecule has 108 valence electrons. The van der Waals surface area contributed by atoms with Crippen LogP contribution in [0, 0.1) is 5.92 Å². The van der Waals surface area contributed by atoms with E-state index < -0.39 is 0 Å². The van der Waals surface area contributed by atoms with Gasteiger partial charge in [-0.15, -0.1) is 11.3 Å². The molecule has 0 radical (unpaired) electrons. The van der Waals surface area contributed by atoms with Crippen LogP contribution in [0.3, 0.4) is 0 Å². The number of thiophene rings is 1. The highest BCUT2D eigenvalue weighted by molar-refractivity contribution is 9.13. The zero-order chi connectivity index (χ0) is 13.8. The fraction of sp³-hybridized carbons (Fsp3) is 0.714. The van der Waals surface area contributed by atoms with E-state index in [1.54, 1.807) is 11.3 Å². The van der Waals surface area contributed by atoms with E-state index in [1.165, 1.54) is 47.4 Å². The summed E-state index contributed by atoms with van der Waals surface area (Å²) in [5, 5.41) is 0. The molecular weight excluding hydrogens is 388 g/mol. The third kappa shape index (κ3) is 4.03. The van der Waals surface area contributed by atoms with Crippen molar-refractivity contribution in [3.8, 4) is 0 Å². The number of halogens is 2. The SMILES string of the molecule is CCC1CCCN(C(CN)c2cc(Br)c(Br)s2)CC1. The summed E-state index contributed by atoms with van der Waals surface area (Å²) in [5.74, 6) is 0.908. The smallest absolute Gasteiger partial charge is 0.0843 e. The van der Waals surface area contributed by atoms with Crippen molar-refractivity contribution in [1.82, 2.24) is 4.90 Å². The Labute approximate surface area is 137 Å². The van der Waals surface area contributed by atoms with Crippen LogP contribution in [0.15, 0.2) is 14.3 Å². The first-order valence-electron chi connectivity index (χ1n) is 7.04. The topological polar surface area (TPSA) is 29.3 Å². The lowest BCUT2D eigenvalue weighted by Crippen LogP contribution is -2.34. The van der Waals surface area contributed by atoms with Crippen molar-refractivity contribution in [3.05, 3.63) is 19.2 Å². The zero-order valence-electron chi connectivity index (χ0n) is 11.4. The minimum atomic E-state index is 0.378. The Morgan fingerprint density at radius 2 is 2.21 bits per heavy atom. The average Bonchev–Trinajstić information content (AvgIpc) is 2.63. The Hall–Kier alpha value is 0.580. The standard InChI is InChI=1S/C14H22Br2N2S/c1-2-10-4-3-6-18(7-5-10)12(9-17)13-8-11(15)14(16)19-13/h8,10,12H,2-7,9,17H2,1H3. The van der Waals surface area contributed by atoms with Crippen molar-refractivity contribution in [2.24, 2.45) is 11.7 Å². The molecule has 1 aromatic rings. The van der Waals surface area contributed by atoms with Gasteiger partial charge in [0, 0.05) is 15.9 Å². The van der Waals surface area contributed by atoms with Crippen molar-refractivity contribution < 1.29 is 0 Å². The third-order valence-electron chi connectivity index (χ3n) is 4.12. The first-order chi connectivity index (χ1) is 9.15. The molecule has 19 heavy (non-hydrogen) atoms. The van der Waals surface area contributed by atoms with Gasteiger partial charge >= 0.3 is 0 Å². The summed E-state index contributed by atoms with van der Waals surface area (Å²) in [5.41, 5.74) is 6.05. The lowest BCUT2D eigenvalue weighted by atomic mass is 9.98. The molecule has 0 saturated carbocycles. The van der Waals surface area contributed by atoms with E-state index in [0.29, 0.717) is 12.6 Å². The van der Waals surface area contributed by atoms with Gasteiger partial charge in [-0.3, -0.25) is 4.90 Å². The summed E-state index contributed by atoms with van der Waals surface area (Å²) < 4.78 is 2.31. The summed E-state index contributed by atoms with van der Waals surface area (Å²) in [6, 6.07) is 2.59. The minimum absolute atomic E-state index is 0.378. The third-order valence-corrected chi connectivity index (χ3v) is 7.47. The van der Waals surface area contributed by atoms with Crippen LogP contribution < -0.4 is 5.73 Å². The predicted molar refractivity (Wildman–Crippen MR) is 90.7 cm³/mol. The Balaban J connectivity index is 2.08. The molecule has 1 aromatic heterocycles. The molecule has 0 aromatic carbocycles. The van der Waals surface area contributed by atoms with Gasteiger partial charge in [0.15, 0.2) is 0 Å². The number of nitrogens with zero attached hydrogens (tertiary/aromatic N) is 1. The molecule has 2 unspecified atom stereocenters. The van der Waals surface area contributed by atoms with Crippen LogP contribution in [0.4, 0.5) is 0 Å². The van der Waals surface area contributed by atoms with Crippen molar-refractivity contribution in [2.75, 3.05) is 19.6 Å². The van der Waals surface area contributed by atoms with Gasteiger partial charge in [0.2, 0.25) is 0 Å². The van der Waals surface area contributed by atoms with Crippen molar-refractivity contribution >= 4 is 43.2 Å². The molecule has 0 bridgehead atoms. The van der Waals surface area contributed by atoms with Crippen LogP contribution in [0.2, 0.25) is 0 Å². The summed E-state index contributed by atoms with van der Waals surface area (Å²) >= 11 is 8.97. The van der Waals surface area contributed by atoms with Gasteiger partial charge in [0.1, 0.15) is 0 Å². The molecular formula is C14H22Br2N2S. The highest BCUT2D eigenvalue weighted by Crippen LogP contribution is 2.38.